The Balaban J connectivity index is 1.91. The number of amides is 1. The summed E-state index contributed by atoms with van der Waals surface area (Å²) in [5, 5.41) is 3.10. The molecule has 31 heavy (non-hydrogen) atoms. The van der Waals surface area contributed by atoms with E-state index in [1.54, 1.807) is 18.7 Å². The SMILES string of the molecule is C#CCn1c(NC(C)c2ccc(C(F)(F)F)cc2)nc2c(c1=O)CN(C(=O)CC)CC2. The molecule has 3 rings (SSSR count). The van der Waals surface area contributed by atoms with E-state index in [4.69, 9.17) is 6.42 Å². The van der Waals surface area contributed by atoms with Gasteiger partial charge in [0.25, 0.3) is 5.56 Å². The molecule has 1 N–H and O–H groups in total. The van der Waals surface area contributed by atoms with Gasteiger partial charge < -0.3 is 10.2 Å². The van der Waals surface area contributed by atoms with Crippen LogP contribution in [0.5, 0.6) is 0 Å². The van der Waals surface area contributed by atoms with E-state index in [-0.39, 0.29) is 30.5 Å². The lowest BCUT2D eigenvalue weighted by Crippen LogP contribution is -2.41. The molecule has 1 amide bonds. The number of hydrogen-bond acceptors (Lipinski definition) is 4. The highest BCUT2D eigenvalue weighted by atomic mass is 19.4. The Morgan fingerprint density at radius 3 is 2.58 bits per heavy atom. The number of anilines is 1. The van der Waals surface area contributed by atoms with Gasteiger partial charge in [0.05, 0.1) is 36.0 Å². The van der Waals surface area contributed by atoms with Crippen LogP contribution in [0.25, 0.3) is 0 Å². The van der Waals surface area contributed by atoms with Crippen molar-refractivity contribution in [3.05, 3.63) is 57.0 Å². The van der Waals surface area contributed by atoms with Crippen molar-refractivity contribution >= 4 is 11.9 Å². The van der Waals surface area contributed by atoms with E-state index in [1.165, 1.54) is 16.7 Å². The van der Waals surface area contributed by atoms with Gasteiger partial charge >= 0.3 is 6.18 Å². The molecule has 0 saturated heterocycles. The lowest BCUT2D eigenvalue weighted by Gasteiger charge is -2.29. The van der Waals surface area contributed by atoms with Crippen molar-refractivity contribution in [1.29, 1.82) is 0 Å². The number of hydrogen-bond donors (Lipinski definition) is 1. The molecular formula is C22H23F3N4O2. The minimum Gasteiger partial charge on any atom is -0.349 e. The molecule has 0 radical (unpaired) electrons. The minimum absolute atomic E-state index is 0.0249. The fourth-order valence-corrected chi connectivity index (χ4v) is 3.54. The third-order valence-electron chi connectivity index (χ3n) is 5.30. The molecule has 0 spiro atoms. The maximum absolute atomic E-state index is 13.1. The van der Waals surface area contributed by atoms with Crippen molar-refractivity contribution in [2.45, 2.75) is 52.0 Å². The third kappa shape index (κ3) is 4.74. The number of carbonyl (C=O) groups excluding carboxylic acids is 1. The molecule has 0 bridgehead atoms. The summed E-state index contributed by atoms with van der Waals surface area (Å²) in [5.74, 6) is 2.65. The van der Waals surface area contributed by atoms with Crippen molar-refractivity contribution in [2.75, 3.05) is 11.9 Å². The van der Waals surface area contributed by atoms with E-state index >= 15 is 0 Å². The summed E-state index contributed by atoms with van der Waals surface area (Å²) in [7, 11) is 0. The molecule has 1 aliphatic heterocycles. The first kappa shape index (κ1) is 22.4. The molecular weight excluding hydrogens is 409 g/mol. The van der Waals surface area contributed by atoms with E-state index < -0.39 is 17.8 Å². The fourth-order valence-electron chi connectivity index (χ4n) is 3.54. The molecule has 9 heteroatoms. The Morgan fingerprint density at radius 1 is 1.32 bits per heavy atom. The predicted octanol–water partition coefficient (Wildman–Crippen LogP) is 3.36. The van der Waals surface area contributed by atoms with Crippen LogP contribution in [-0.4, -0.2) is 26.9 Å². The normalized spacial score (nSPS) is 14.5. The highest BCUT2D eigenvalue weighted by Gasteiger charge is 2.30. The number of benzene rings is 1. The Morgan fingerprint density at radius 2 is 2.00 bits per heavy atom. The summed E-state index contributed by atoms with van der Waals surface area (Å²) in [6, 6.07) is 4.38. The zero-order chi connectivity index (χ0) is 22.8. The van der Waals surface area contributed by atoms with E-state index in [1.807, 2.05) is 0 Å². The molecule has 0 fully saturated rings. The highest BCUT2D eigenvalue weighted by Crippen LogP contribution is 2.30. The Bertz CT molecular complexity index is 1070. The van der Waals surface area contributed by atoms with Crippen molar-refractivity contribution in [2.24, 2.45) is 0 Å². The Hall–Kier alpha value is -3.28. The average molecular weight is 432 g/mol. The zero-order valence-corrected chi connectivity index (χ0v) is 17.3. The Labute approximate surface area is 178 Å². The average Bonchev–Trinajstić information content (AvgIpc) is 2.75. The molecule has 1 aliphatic rings. The molecule has 1 unspecified atom stereocenters. The molecule has 2 aromatic rings. The van der Waals surface area contributed by atoms with E-state index in [0.717, 1.165) is 12.1 Å². The van der Waals surface area contributed by atoms with E-state index in [0.29, 0.717) is 36.2 Å². The number of aromatic nitrogens is 2. The standard InChI is InChI=1S/C22H23F3N4O2/c1-4-11-29-20(31)17-13-28(19(30)5-2)12-10-18(17)27-21(29)26-14(3)15-6-8-16(9-7-15)22(23,24)25/h1,6-9,14H,5,10-13H2,2-3H3,(H,26,27). The molecule has 0 aliphatic carbocycles. The summed E-state index contributed by atoms with van der Waals surface area (Å²) in [6.45, 7) is 4.16. The quantitative estimate of drug-likeness (QED) is 0.736. The van der Waals surface area contributed by atoms with Crippen molar-refractivity contribution in [3.63, 3.8) is 0 Å². The smallest absolute Gasteiger partial charge is 0.349 e. The van der Waals surface area contributed by atoms with Crippen LogP contribution in [0, 0.1) is 12.3 Å². The maximum Gasteiger partial charge on any atom is 0.416 e. The first-order chi connectivity index (χ1) is 14.7. The second-order valence-electron chi connectivity index (χ2n) is 7.36. The number of nitrogens with zero attached hydrogens (tertiary/aromatic N) is 3. The number of nitrogens with one attached hydrogen (secondary N) is 1. The van der Waals surface area contributed by atoms with Crippen LogP contribution in [0.1, 0.15) is 48.7 Å². The molecule has 0 saturated carbocycles. The van der Waals surface area contributed by atoms with Gasteiger partial charge in [0.2, 0.25) is 11.9 Å². The van der Waals surface area contributed by atoms with Gasteiger partial charge in [0.15, 0.2) is 0 Å². The van der Waals surface area contributed by atoms with Crippen molar-refractivity contribution < 1.29 is 18.0 Å². The Kier molecular flexibility index (Phi) is 6.39. The van der Waals surface area contributed by atoms with Crippen LogP contribution in [0.15, 0.2) is 29.1 Å². The summed E-state index contributed by atoms with van der Waals surface area (Å²) < 4.78 is 39.7. The fraction of sp³-hybridized carbons (Fsp3) is 0.409. The van der Waals surface area contributed by atoms with Crippen molar-refractivity contribution in [1.82, 2.24) is 14.5 Å². The topological polar surface area (TPSA) is 67.2 Å². The number of rotatable bonds is 5. The van der Waals surface area contributed by atoms with Gasteiger partial charge in [-0.1, -0.05) is 25.0 Å². The monoisotopic (exact) mass is 432 g/mol. The number of carbonyl (C=O) groups is 1. The van der Waals surface area contributed by atoms with Crippen LogP contribution in [0.3, 0.4) is 0 Å². The molecule has 1 aromatic heterocycles. The summed E-state index contributed by atoms with van der Waals surface area (Å²) >= 11 is 0. The second-order valence-corrected chi connectivity index (χ2v) is 7.36. The number of alkyl halides is 3. The first-order valence-electron chi connectivity index (χ1n) is 9.93. The van der Waals surface area contributed by atoms with Gasteiger partial charge in [-0.25, -0.2) is 4.98 Å². The second kappa shape index (κ2) is 8.84. The molecule has 2 heterocycles. The van der Waals surface area contributed by atoms with Crippen molar-refractivity contribution in [3.8, 4) is 12.3 Å². The van der Waals surface area contributed by atoms with Gasteiger partial charge in [-0.3, -0.25) is 14.2 Å². The minimum atomic E-state index is -4.41. The highest BCUT2D eigenvalue weighted by molar-refractivity contribution is 5.76. The van der Waals surface area contributed by atoms with Gasteiger partial charge in [0, 0.05) is 19.4 Å². The first-order valence-corrected chi connectivity index (χ1v) is 9.93. The third-order valence-corrected chi connectivity index (χ3v) is 5.30. The summed E-state index contributed by atoms with van der Waals surface area (Å²) in [4.78, 5) is 31.3. The van der Waals surface area contributed by atoms with Crippen LogP contribution in [-0.2, 0) is 30.5 Å². The van der Waals surface area contributed by atoms with Gasteiger partial charge in [-0.05, 0) is 24.6 Å². The predicted molar refractivity (Wildman–Crippen MR) is 110 cm³/mol. The lowest BCUT2D eigenvalue weighted by molar-refractivity contribution is -0.137. The number of terminal acetylenes is 1. The molecule has 1 atom stereocenters. The van der Waals surface area contributed by atoms with E-state index in [2.05, 4.69) is 16.2 Å². The van der Waals surface area contributed by atoms with Gasteiger partial charge in [-0.2, -0.15) is 13.2 Å². The van der Waals surface area contributed by atoms with Crippen LogP contribution < -0.4 is 10.9 Å². The molecule has 6 nitrogen and oxygen atoms in total. The van der Waals surface area contributed by atoms with Crippen LogP contribution in [0.2, 0.25) is 0 Å². The molecule has 1 aromatic carbocycles. The van der Waals surface area contributed by atoms with Crippen LogP contribution in [0.4, 0.5) is 19.1 Å². The summed E-state index contributed by atoms with van der Waals surface area (Å²) in [5.41, 5.74) is 0.591. The zero-order valence-electron chi connectivity index (χ0n) is 17.3. The lowest BCUT2D eigenvalue weighted by atomic mass is 10.1. The summed E-state index contributed by atoms with van der Waals surface area (Å²) in [6.07, 6.45) is 1.82. The van der Waals surface area contributed by atoms with Gasteiger partial charge in [-0.15, -0.1) is 6.42 Å². The van der Waals surface area contributed by atoms with Crippen LogP contribution >= 0.6 is 0 Å². The largest absolute Gasteiger partial charge is 0.416 e. The number of fused-ring (bicyclic) bond motifs is 1. The van der Waals surface area contributed by atoms with Gasteiger partial charge in [0.1, 0.15) is 0 Å². The van der Waals surface area contributed by atoms with E-state index in [9.17, 15) is 22.8 Å². The number of halogens is 3. The maximum atomic E-state index is 13.1. The molecule has 164 valence electrons.